The second-order valence-corrected chi connectivity index (χ2v) is 6.23. The minimum absolute atomic E-state index is 0.0303. The smallest absolute Gasteiger partial charge is 0.167 e. The van der Waals surface area contributed by atoms with Gasteiger partial charge in [-0.2, -0.15) is 0 Å². The van der Waals surface area contributed by atoms with Crippen LogP contribution in [0.5, 0.6) is 5.75 Å². The minimum Gasteiger partial charge on any atom is -0.490 e. The van der Waals surface area contributed by atoms with Crippen LogP contribution in [-0.4, -0.2) is 27.0 Å². The number of nitrogens with two attached hydrogens (primary N) is 1. The average Bonchev–Trinajstić information content (AvgIpc) is 2.18. The highest BCUT2D eigenvalue weighted by Gasteiger charge is 2.07. The molecule has 0 fully saturated rings. The number of nitrogen functional groups attached to an aromatic ring is 1. The molecule has 0 saturated heterocycles. The zero-order valence-corrected chi connectivity index (χ0v) is 10.7. The molecule has 4 nitrogen and oxygen atoms in total. The molecule has 0 atom stereocenters. The van der Waals surface area contributed by atoms with Crippen LogP contribution in [0, 0.1) is 12.7 Å². The summed E-state index contributed by atoms with van der Waals surface area (Å²) in [5.41, 5.74) is 6.62. The summed E-state index contributed by atoms with van der Waals surface area (Å²) in [5.74, 6) is -0.402. The molecular formula is C11H16FNO3S. The number of benzene rings is 1. The van der Waals surface area contributed by atoms with E-state index in [2.05, 4.69) is 0 Å². The molecule has 0 unspecified atom stereocenters. The first kappa shape index (κ1) is 13.8. The summed E-state index contributed by atoms with van der Waals surface area (Å²) in [6, 6.07) is 2.70. The third kappa shape index (κ3) is 4.60. The Morgan fingerprint density at radius 2 is 2.06 bits per heavy atom. The predicted octanol–water partition coefficient (Wildman–Crippen LogP) is 1.53. The number of sulfone groups is 1. The number of hydrogen-bond acceptors (Lipinski definition) is 4. The second kappa shape index (κ2) is 5.35. The molecule has 0 aromatic heterocycles. The van der Waals surface area contributed by atoms with Crippen LogP contribution in [0.2, 0.25) is 0 Å². The normalized spacial score (nSPS) is 11.5. The highest BCUT2D eigenvalue weighted by Crippen LogP contribution is 2.23. The number of ether oxygens (including phenoxy) is 1. The Bertz CT molecular complexity index is 500. The van der Waals surface area contributed by atoms with Gasteiger partial charge < -0.3 is 10.5 Å². The van der Waals surface area contributed by atoms with Gasteiger partial charge >= 0.3 is 0 Å². The zero-order valence-electron chi connectivity index (χ0n) is 9.86. The molecule has 0 bridgehead atoms. The molecule has 6 heteroatoms. The molecule has 0 amide bonds. The van der Waals surface area contributed by atoms with Gasteiger partial charge in [0.1, 0.15) is 9.84 Å². The molecule has 2 N–H and O–H groups in total. The van der Waals surface area contributed by atoms with E-state index in [0.717, 1.165) is 11.8 Å². The van der Waals surface area contributed by atoms with E-state index in [-0.39, 0.29) is 18.1 Å². The molecule has 0 aliphatic carbocycles. The molecule has 0 spiro atoms. The summed E-state index contributed by atoms with van der Waals surface area (Å²) in [6.45, 7) is 1.91. The molecule has 1 aromatic carbocycles. The number of anilines is 1. The van der Waals surface area contributed by atoms with E-state index in [9.17, 15) is 12.8 Å². The van der Waals surface area contributed by atoms with E-state index in [1.54, 1.807) is 6.92 Å². The third-order valence-corrected chi connectivity index (χ3v) is 3.27. The topological polar surface area (TPSA) is 69.4 Å². The van der Waals surface area contributed by atoms with Crippen molar-refractivity contribution in [3.8, 4) is 5.75 Å². The van der Waals surface area contributed by atoms with Gasteiger partial charge in [-0.15, -0.1) is 0 Å². The minimum atomic E-state index is -3.00. The van der Waals surface area contributed by atoms with E-state index >= 15 is 0 Å². The first-order chi connectivity index (χ1) is 7.79. The summed E-state index contributed by atoms with van der Waals surface area (Å²) in [7, 11) is -3.00. The number of hydrogen-bond donors (Lipinski definition) is 1. The lowest BCUT2D eigenvalue weighted by atomic mass is 10.2. The SMILES string of the molecule is Cc1cc(OCCCS(C)(=O)=O)c(F)cc1N. The van der Waals surface area contributed by atoms with Gasteiger partial charge in [-0.1, -0.05) is 0 Å². The first-order valence-electron chi connectivity index (χ1n) is 5.16. The number of aryl methyl sites for hydroxylation is 1. The van der Waals surface area contributed by atoms with Crippen LogP contribution < -0.4 is 10.5 Å². The molecule has 17 heavy (non-hydrogen) atoms. The maximum atomic E-state index is 13.4. The maximum Gasteiger partial charge on any atom is 0.167 e. The third-order valence-electron chi connectivity index (χ3n) is 2.24. The van der Waals surface area contributed by atoms with Gasteiger partial charge in [0, 0.05) is 18.0 Å². The van der Waals surface area contributed by atoms with Crippen molar-refractivity contribution in [2.45, 2.75) is 13.3 Å². The van der Waals surface area contributed by atoms with Gasteiger partial charge in [-0.25, -0.2) is 12.8 Å². The molecule has 1 rings (SSSR count). The van der Waals surface area contributed by atoms with Crippen molar-refractivity contribution in [3.63, 3.8) is 0 Å². The summed E-state index contributed by atoms with van der Waals surface area (Å²) < 4.78 is 40.3. The monoisotopic (exact) mass is 261 g/mol. The summed E-state index contributed by atoms with van der Waals surface area (Å²) in [4.78, 5) is 0. The van der Waals surface area contributed by atoms with Crippen molar-refractivity contribution in [2.24, 2.45) is 0 Å². The molecule has 1 aromatic rings. The quantitative estimate of drug-likeness (QED) is 0.644. The van der Waals surface area contributed by atoms with E-state index < -0.39 is 15.7 Å². The molecule has 0 saturated carbocycles. The van der Waals surface area contributed by atoms with Crippen molar-refractivity contribution < 1.29 is 17.5 Å². The average molecular weight is 261 g/mol. The lowest BCUT2D eigenvalue weighted by molar-refractivity contribution is 0.301. The van der Waals surface area contributed by atoms with Crippen LogP contribution in [-0.2, 0) is 9.84 Å². The van der Waals surface area contributed by atoms with Crippen LogP contribution in [0.25, 0.3) is 0 Å². The summed E-state index contributed by atoms with van der Waals surface area (Å²) in [6.07, 6.45) is 1.49. The van der Waals surface area contributed by atoms with E-state index in [1.807, 2.05) is 0 Å². The van der Waals surface area contributed by atoms with Gasteiger partial charge in [-0.05, 0) is 25.0 Å². The lowest BCUT2D eigenvalue weighted by Gasteiger charge is -2.09. The van der Waals surface area contributed by atoms with Crippen LogP contribution in [0.4, 0.5) is 10.1 Å². The molecule has 96 valence electrons. The predicted molar refractivity (Wildman–Crippen MR) is 65.4 cm³/mol. The molecule has 0 radical (unpaired) electrons. The fraction of sp³-hybridized carbons (Fsp3) is 0.455. The summed E-state index contributed by atoms with van der Waals surface area (Å²) >= 11 is 0. The van der Waals surface area contributed by atoms with Crippen molar-refractivity contribution in [1.82, 2.24) is 0 Å². The fourth-order valence-electron chi connectivity index (χ4n) is 1.28. The molecule has 0 heterocycles. The van der Waals surface area contributed by atoms with Crippen molar-refractivity contribution in [3.05, 3.63) is 23.5 Å². The largest absolute Gasteiger partial charge is 0.490 e. The summed E-state index contributed by atoms with van der Waals surface area (Å²) in [5, 5.41) is 0. The Hall–Kier alpha value is -1.30. The number of halogens is 1. The van der Waals surface area contributed by atoms with Crippen molar-refractivity contribution in [1.29, 1.82) is 0 Å². The van der Waals surface area contributed by atoms with Crippen molar-refractivity contribution >= 4 is 15.5 Å². The van der Waals surface area contributed by atoms with E-state index in [0.29, 0.717) is 12.1 Å². The Kier molecular flexibility index (Phi) is 4.34. The first-order valence-corrected chi connectivity index (χ1v) is 7.22. The van der Waals surface area contributed by atoms with E-state index in [1.165, 1.54) is 12.1 Å². The highest BCUT2D eigenvalue weighted by atomic mass is 32.2. The Labute approximate surface area is 101 Å². The van der Waals surface area contributed by atoms with Gasteiger partial charge in [0.25, 0.3) is 0 Å². The maximum absolute atomic E-state index is 13.4. The van der Waals surface area contributed by atoms with Gasteiger partial charge in [-0.3, -0.25) is 0 Å². The van der Waals surface area contributed by atoms with Gasteiger partial charge in [0.15, 0.2) is 11.6 Å². The van der Waals surface area contributed by atoms with Crippen LogP contribution in [0.3, 0.4) is 0 Å². The fourth-order valence-corrected chi connectivity index (χ4v) is 1.93. The lowest BCUT2D eigenvalue weighted by Crippen LogP contribution is -2.08. The second-order valence-electron chi connectivity index (χ2n) is 3.97. The Morgan fingerprint density at radius 1 is 1.41 bits per heavy atom. The highest BCUT2D eigenvalue weighted by molar-refractivity contribution is 7.90. The standard InChI is InChI=1S/C11H16FNO3S/c1-8-6-11(9(12)7-10(8)13)16-4-3-5-17(2,14)15/h6-7H,3-5,13H2,1-2H3. The molecular weight excluding hydrogens is 245 g/mol. The zero-order chi connectivity index (χ0) is 13.1. The van der Waals surface area contributed by atoms with Gasteiger partial charge in [0.2, 0.25) is 0 Å². The molecule has 0 aliphatic heterocycles. The number of rotatable bonds is 5. The van der Waals surface area contributed by atoms with Crippen LogP contribution in [0.1, 0.15) is 12.0 Å². The Morgan fingerprint density at radius 3 is 2.65 bits per heavy atom. The van der Waals surface area contributed by atoms with E-state index in [4.69, 9.17) is 10.5 Å². The molecule has 0 aliphatic rings. The van der Waals surface area contributed by atoms with Crippen LogP contribution >= 0.6 is 0 Å². The van der Waals surface area contributed by atoms with Crippen LogP contribution in [0.15, 0.2) is 12.1 Å². The van der Waals surface area contributed by atoms with Crippen molar-refractivity contribution in [2.75, 3.05) is 24.3 Å². The Balaban J connectivity index is 2.55. The van der Waals surface area contributed by atoms with Gasteiger partial charge in [0.05, 0.1) is 12.4 Å².